The Morgan fingerprint density at radius 3 is 1.50 bits per heavy atom. The third-order valence-electron chi connectivity index (χ3n) is 5.77. The Hall–Kier alpha value is -2.93. The van der Waals surface area contributed by atoms with Crippen molar-refractivity contribution >= 4 is 11.8 Å². The number of nitrogens with zero attached hydrogens (tertiary/aromatic N) is 2. The maximum absolute atomic E-state index is 12.9. The molecule has 3 aliphatic carbocycles. The van der Waals surface area contributed by atoms with Crippen molar-refractivity contribution in [1.29, 1.82) is 5.26 Å². The minimum Gasteiger partial charge on any atom is -0.274 e. The van der Waals surface area contributed by atoms with Gasteiger partial charge in [-0.1, -0.05) is 48.5 Å². The van der Waals surface area contributed by atoms with E-state index >= 15 is 0 Å². The molecule has 6 rings (SSSR count). The first-order chi connectivity index (χ1) is 11.7. The zero-order chi connectivity index (χ0) is 16.4. The van der Waals surface area contributed by atoms with Crippen molar-refractivity contribution in [1.82, 2.24) is 4.90 Å². The van der Waals surface area contributed by atoms with Gasteiger partial charge in [-0.25, -0.2) is 0 Å². The minimum atomic E-state index is -0.374. The van der Waals surface area contributed by atoms with Crippen LogP contribution in [0.4, 0.5) is 0 Å². The van der Waals surface area contributed by atoms with Crippen molar-refractivity contribution in [3.8, 4) is 6.07 Å². The predicted octanol–water partition coefficient (Wildman–Crippen LogP) is 2.40. The highest BCUT2D eigenvalue weighted by atomic mass is 16.2. The van der Waals surface area contributed by atoms with E-state index in [-0.39, 0.29) is 42.0 Å². The lowest BCUT2D eigenvalue weighted by Gasteiger charge is -2.45. The van der Waals surface area contributed by atoms with E-state index in [0.717, 1.165) is 27.2 Å². The summed E-state index contributed by atoms with van der Waals surface area (Å²) in [5, 5.41) is 8.99. The van der Waals surface area contributed by atoms with E-state index in [1.807, 2.05) is 30.3 Å². The fraction of sp³-hybridized carbons (Fsp3) is 0.250. The molecule has 1 heterocycles. The van der Waals surface area contributed by atoms with Gasteiger partial charge >= 0.3 is 0 Å². The number of carbonyl (C=O) groups excluding carboxylic acids is 2. The summed E-state index contributed by atoms with van der Waals surface area (Å²) in [6.07, 6.45) is 0. The molecule has 4 aliphatic rings. The van der Waals surface area contributed by atoms with Crippen LogP contribution in [-0.2, 0) is 9.59 Å². The fourth-order valence-corrected chi connectivity index (χ4v) is 4.97. The highest BCUT2D eigenvalue weighted by molar-refractivity contribution is 6.07. The summed E-state index contributed by atoms with van der Waals surface area (Å²) < 4.78 is 0. The molecule has 2 bridgehead atoms. The molecule has 0 aromatic heterocycles. The molecule has 0 radical (unpaired) electrons. The Balaban J connectivity index is 1.79. The normalized spacial score (nSPS) is 29.0. The van der Waals surface area contributed by atoms with Crippen LogP contribution in [0.25, 0.3) is 0 Å². The van der Waals surface area contributed by atoms with Gasteiger partial charge in [0.05, 0.1) is 17.9 Å². The van der Waals surface area contributed by atoms with Gasteiger partial charge in [-0.3, -0.25) is 14.5 Å². The van der Waals surface area contributed by atoms with E-state index in [1.54, 1.807) is 0 Å². The quantitative estimate of drug-likeness (QED) is 0.600. The number of carbonyl (C=O) groups is 2. The predicted molar refractivity (Wildman–Crippen MR) is 85.9 cm³/mol. The summed E-state index contributed by atoms with van der Waals surface area (Å²) in [7, 11) is 0. The number of benzene rings is 2. The van der Waals surface area contributed by atoms with Crippen LogP contribution < -0.4 is 0 Å². The van der Waals surface area contributed by atoms with Gasteiger partial charge in [0.2, 0.25) is 11.8 Å². The van der Waals surface area contributed by atoms with Crippen LogP contribution in [-0.4, -0.2) is 23.3 Å². The lowest BCUT2D eigenvalue weighted by molar-refractivity contribution is -0.139. The van der Waals surface area contributed by atoms with E-state index in [2.05, 4.69) is 24.3 Å². The van der Waals surface area contributed by atoms with Crippen molar-refractivity contribution < 1.29 is 9.59 Å². The molecule has 2 amide bonds. The first-order valence-corrected chi connectivity index (χ1v) is 8.14. The van der Waals surface area contributed by atoms with Crippen LogP contribution >= 0.6 is 0 Å². The van der Waals surface area contributed by atoms with Gasteiger partial charge in [0.1, 0.15) is 6.54 Å². The molecule has 4 heteroatoms. The second-order valence-corrected chi connectivity index (χ2v) is 6.69. The van der Waals surface area contributed by atoms with Crippen molar-refractivity contribution in [3.63, 3.8) is 0 Å². The van der Waals surface area contributed by atoms with Crippen molar-refractivity contribution in [3.05, 3.63) is 70.8 Å². The number of likely N-dealkylation sites (tertiary alicyclic amines) is 1. The van der Waals surface area contributed by atoms with Gasteiger partial charge in [0.15, 0.2) is 0 Å². The van der Waals surface area contributed by atoms with E-state index < -0.39 is 0 Å². The van der Waals surface area contributed by atoms with Gasteiger partial charge in [-0.05, 0) is 22.3 Å². The molecular weight excluding hydrogens is 300 g/mol. The first-order valence-electron chi connectivity index (χ1n) is 8.14. The summed E-state index contributed by atoms with van der Waals surface area (Å²) in [6.45, 7) is -0.156. The number of hydrogen-bond donors (Lipinski definition) is 0. The molecule has 1 saturated heterocycles. The number of imide groups is 1. The largest absolute Gasteiger partial charge is 0.274 e. The summed E-state index contributed by atoms with van der Waals surface area (Å²) in [5.41, 5.74) is 4.62. The Bertz CT molecular complexity index is 827. The average Bonchev–Trinajstić information content (AvgIpc) is 2.88. The first kappa shape index (κ1) is 13.5. The molecular formula is C20H14N2O2. The molecule has 2 aromatic rings. The van der Waals surface area contributed by atoms with Gasteiger partial charge in [-0.15, -0.1) is 0 Å². The topological polar surface area (TPSA) is 61.2 Å². The van der Waals surface area contributed by atoms with Crippen LogP contribution in [0.2, 0.25) is 0 Å². The minimum absolute atomic E-state index is 0.0902. The molecule has 1 fully saturated rings. The van der Waals surface area contributed by atoms with Gasteiger partial charge < -0.3 is 0 Å². The molecule has 0 unspecified atom stereocenters. The van der Waals surface area contributed by atoms with E-state index in [1.165, 1.54) is 0 Å². The summed E-state index contributed by atoms with van der Waals surface area (Å²) in [5.74, 6) is -1.31. The highest BCUT2D eigenvalue weighted by Gasteiger charge is 2.61. The monoisotopic (exact) mass is 314 g/mol. The molecule has 1 aliphatic heterocycles. The molecule has 116 valence electrons. The van der Waals surface area contributed by atoms with E-state index in [4.69, 9.17) is 5.26 Å². The second-order valence-electron chi connectivity index (χ2n) is 6.69. The molecule has 0 N–H and O–H groups in total. The molecule has 0 saturated carbocycles. The highest BCUT2D eigenvalue weighted by Crippen LogP contribution is 2.60. The standard InChI is InChI=1S/C20H14N2O2/c21-9-10-22-19(23)17-15-11-5-1-2-6-12(11)16(18(17)20(22)24)14-8-4-3-7-13(14)15/h1-8,15-18H,10H2/t15?,16?,17-,18-/m0/s1. The summed E-state index contributed by atoms with van der Waals surface area (Å²) in [6, 6.07) is 18.2. The van der Waals surface area contributed by atoms with Crippen molar-refractivity contribution in [2.24, 2.45) is 11.8 Å². The number of nitriles is 1. The third kappa shape index (κ3) is 1.43. The Kier molecular flexibility index (Phi) is 2.56. The molecule has 4 nitrogen and oxygen atoms in total. The molecule has 2 aromatic carbocycles. The van der Waals surface area contributed by atoms with E-state index in [9.17, 15) is 9.59 Å². The van der Waals surface area contributed by atoms with Gasteiger partial charge in [-0.2, -0.15) is 5.26 Å². The maximum atomic E-state index is 12.9. The van der Waals surface area contributed by atoms with Gasteiger partial charge in [0.25, 0.3) is 0 Å². The number of amides is 2. The van der Waals surface area contributed by atoms with Crippen molar-refractivity contribution in [2.75, 3.05) is 6.54 Å². The fourth-order valence-electron chi connectivity index (χ4n) is 4.97. The Morgan fingerprint density at radius 2 is 1.17 bits per heavy atom. The smallest absolute Gasteiger partial charge is 0.235 e. The van der Waals surface area contributed by atoms with E-state index in [0.29, 0.717) is 0 Å². The Labute approximate surface area is 139 Å². The lowest BCUT2D eigenvalue weighted by atomic mass is 9.55. The zero-order valence-corrected chi connectivity index (χ0v) is 12.8. The molecule has 2 atom stereocenters. The molecule has 24 heavy (non-hydrogen) atoms. The Morgan fingerprint density at radius 1 is 0.792 bits per heavy atom. The van der Waals surface area contributed by atoms with Crippen LogP contribution in [0.3, 0.4) is 0 Å². The van der Waals surface area contributed by atoms with Crippen LogP contribution in [0.15, 0.2) is 48.5 Å². The SMILES string of the molecule is N#CCN1C(=O)[C@H]2C3c4ccccc4C(c4ccccc43)[C@@H]2C1=O. The summed E-state index contributed by atoms with van der Waals surface area (Å²) >= 11 is 0. The second kappa shape index (κ2) is 4.55. The van der Waals surface area contributed by atoms with Crippen LogP contribution in [0.1, 0.15) is 34.1 Å². The van der Waals surface area contributed by atoms with Crippen LogP contribution in [0, 0.1) is 23.2 Å². The van der Waals surface area contributed by atoms with Crippen LogP contribution in [0.5, 0.6) is 0 Å². The lowest BCUT2D eigenvalue weighted by Crippen LogP contribution is -2.41. The maximum Gasteiger partial charge on any atom is 0.235 e. The average molecular weight is 314 g/mol. The van der Waals surface area contributed by atoms with Gasteiger partial charge in [0, 0.05) is 11.8 Å². The number of hydrogen-bond acceptors (Lipinski definition) is 3. The molecule has 0 spiro atoms. The summed E-state index contributed by atoms with van der Waals surface area (Å²) in [4.78, 5) is 27.0. The van der Waals surface area contributed by atoms with Crippen molar-refractivity contribution in [2.45, 2.75) is 11.8 Å². The number of rotatable bonds is 1. The zero-order valence-electron chi connectivity index (χ0n) is 12.8. The third-order valence-corrected chi connectivity index (χ3v) is 5.77.